The minimum Gasteiger partial charge on any atom is -0.478 e. The number of benzene rings is 1. The average Bonchev–Trinajstić information content (AvgIpc) is 2.83. The van der Waals surface area contributed by atoms with Crippen LogP contribution in [0.3, 0.4) is 0 Å². The second kappa shape index (κ2) is 5.72. The molecule has 0 aliphatic rings. The van der Waals surface area contributed by atoms with E-state index < -0.39 is 5.97 Å². The molecular weight excluding hydrogens is 274 g/mol. The quantitative estimate of drug-likeness (QED) is 0.935. The summed E-state index contributed by atoms with van der Waals surface area (Å²) in [5.41, 5.74) is 3.95. The molecule has 1 aromatic carbocycles. The van der Waals surface area contributed by atoms with Gasteiger partial charge in [0, 0.05) is 11.9 Å². The highest BCUT2D eigenvalue weighted by Crippen LogP contribution is 2.24. The standard InChI is InChI=1S/C14H13N3O2S/c1-9-13(20-8-16-9)7-17(2)12-4-3-10(14(18)19)5-11(12)6-15/h3-5,8H,7H2,1-2H3,(H,18,19). The van der Waals surface area contributed by atoms with Crippen LogP contribution in [-0.2, 0) is 6.54 Å². The van der Waals surface area contributed by atoms with E-state index in [1.54, 1.807) is 22.9 Å². The molecule has 1 aromatic heterocycles. The number of hydrogen-bond acceptors (Lipinski definition) is 5. The van der Waals surface area contributed by atoms with Crippen LogP contribution in [-0.4, -0.2) is 23.1 Å². The largest absolute Gasteiger partial charge is 0.478 e. The minimum absolute atomic E-state index is 0.118. The van der Waals surface area contributed by atoms with E-state index in [0.717, 1.165) is 10.6 Å². The highest BCUT2D eigenvalue weighted by Gasteiger charge is 2.13. The number of anilines is 1. The van der Waals surface area contributed by atoms with Gasteiger partial charge in [0.15, 0.2) is 0 Å². The van der Waals surface area contributed by atoms with Gasteiger partial charge in [0.1, 0.15) is 6.07 Å². The van der Waals surface area contributed by atoms with Crippen molar-refractivity contribution in [2.24, 2.45) is 0 Å². The number of nitriles is 1. The molecule has 1 N–H and O–H groups in total. The van der Waals surface area contributed by atoms with Crippen LogP contribution in [0.25, 0.3) is 0 Å². The molecule has 0 saturated heterocycles. The van der Waals surface area contributed by atoms with Crippen LogP contribution < -0.4 is 4.90 Å². The first-order chi connectivity index (χ1) is 9.52. The Morgan fingerprint density at radius 1 is 1.55 bits per heavy atom. The van der Waals surface area contributed by atoms with Crippen molar-refractivity contribution in [2.45, 2.75) is 13.5 Å². The third kappa shape index (κ3) is 2.78. The third-order valence-corrected chi connectivity index (χ3v) is 3.92. The number of carboxylic acid groups (broad SMARTS) is 1. The van der Waals surface area contributed by atoms with E-state index in [1.165, 1.54) is 12.1 Å². The van der Waals surface area contributed by atoms with Gasteiger partial charge in [-0.05, 0) is 25.1 Å². The number of aromatic carboxylic acids is 1. The SMILES string of the molecule is Cc1ncsc1CN(C)c1ccc(C(=O)O)cc1C#N. The first-order valence-corrected chi connectivity index (χ1v) is 6.78. The second-order valence-electron chi connectivity index (χ2n) is 4.37. The number of aromatic nitrogens is 1. The molecule has 1 heterocycles. The van der Waals surface area contributed by atoms with E-state index in [4.69, 9.17) is 5.11 Å². The Bertz CT molecular complexity index is 688. The molecule has 0 saturated carbocycles. The summed E-state index contributed by atoms with van der Waals surface area (Å²) in [6.07, 6.45) is 0. The second-order valence-corrected chi connectivity index (χ2v) is 5.31. The van der Waals surface area contributed by atoms with Crippen molar-refractivity contribution >= 4 is 23.0 Å². The summed E-state index contributed by atoms with van der Waals surface area (Å²) < 4.78 is 0. The van der Waals surface area contributed by atoms with Crippen molar-refractivity contribution in [3.05, 3.63) is 45.4 Å². The molecule has 0 atom stereocenters. The fourth-order valence-electron chi connectivity index (χ4n) is 1.87. The molecule has 102 valence electrons. The van der Waals surface area contributed by atoms with Gasteiger partial charge in [-0.1, -0.05) is 0 Å². The maximum atomic E-state index is 10.9. The maximum absolute atomic E-state index is 10.9. The highest BCUT2D eigenvalue weighted by atomic mass is 32.1. The van der Waals surface area contributed by atoms with Crippen LogP contribution in [0, 0.1) is 18.3 Å². The Kier molecular flexibility index (Phi) is 4.01. The Hall–Kier alpha value is -2.39. The Balaban J connectivity index is 2.30. The summed E-state index contributed by atoms with van der Waals surface area (Å²) in [6.45, 7) is 2.58. The number of hydrogen-bond donors (Lipinski definition) is 1. The summed E-state index contributed by atoms with van der Waals surface area (Å²) >= 11 is 1.56. The molecule has 0 bridgehead atoms. The smallest absolute Gasteiger partial charge is 0.335 e. The zero-order valence-electron chi connectivity index (χ0n) is 11.1. The maximum Gasteiger partial charge on any atom is 0.335 e. The predicted molar refractivity (Wildman–Crippen MR) is 77.1 cm³/mol. The molecule has 0 radical (unpaired) electrons. The van der Waals surface area contributed by atoms with Crippen LogP contribution in [0.15, 0.2) is 23.7 Å². The van der Waals surface area contributed by atoms with Crippen LogP contribution in [0.2, 0.25) is 0 Å². The molecule has 6 heteroatoms. The van der Waals surface area contributed by atoms with E-state index >= 15 is 0 Å². The molecular formula is C14H13N3O2S. The third-order valence-electron chi connectivity index (χ3n) is 3.00. The van der Waals surface area contributed by atoms with E-state index in [1.807, 2.05) is 24.9 Å². The van der Waals surface area contributed by atoms with Crippen molar-refractivity contribution < 1.29 is 9.90 Å². The van der Waals surface area contributed by atoms with Gasteiger partial charge in [-0.2, -0.15) is 5.26 Å². The number of rotatable bonds is 4. The number of aryl methyl sites for hydroxylation is 1. The van der Waals surface area contributed by atoms with Crippen LogP contribution in [0.5, 0.6) is 0 Å². The molecule has 0 spiro atoms. The van der Waals surface area contributed by atoms with Crippen LogP contribution in [0.4, 0.5) is 5.69 Å². The minimum atomic E-state index is -1.03. The molecule has 2 aromatic rings. The van der Waals surface area contributed by atoms with Gasteiger partial charge >= 0.3 is 5.97 Å². The predicted octanol–water partition coefficient (Wildman–Crippen LogP) is 2.66. The van der Waals surface area contributed by atoms with Gasteiger partial charge < -0.3 is 10.0 Å². The number of carbonyl (C=O) groups is 1. The molecule has 0 aliphatic carbocycles. The molecule has 0 amide bonds. The summed E-state index contributed by atoms with van der Waals surface area (Å²) in [7, 11) is 1.87. The van der Waals surface area contributed by atoms with Crippen molar-refractivity contribution in [2.75, 3.05) is 11.9 Å². The van der Waals surface area contributed by atoms with Gasteiger partial charge in [0.2, 0.25) is 0 Å². The van der Waals surface area contributed by atoms with Crippen molar-refractivity contribution in [3.8, 4) is 6.07 Å². The van der Waals surface area contributed by atoms with Gasteiger partial charge in [-0.15, -0.1) is 11.3 Å². The highest BCUT2D eigenvalue weighted by molar-refractivity contribution is 7.09. The van der Waals surface area contributed by atoms with Gasteiger partial charge in [0.25, 0.3) is 0 Å². The Morgan fingerprint density at radius 2 is 2.30 bits per heavy atom. The lowest BCUT2D eigenvalue weighted by Gasteiger charge is -2.20. The first-order valence-electron chi connectivity index (χ1n) is 5.90. The first kappa shape index (κ1) is 14.0. The summed E-state index contributed by atoms with van der Waals surface area (Å²) in [6, 6.07) is 6.62. The number of thiazole rings is 1. The fraction of sp³-hybridized carbons (Fsp3) is 0.214. The number of nitrogens with zero attached hydrogens (tertiary/aromatic N) is 3. The van der Waals surface area contributed by atoms with E-state index in [9.17, 15) is 10.1 Å². The molecule has 2 rings (SSSR count). The summed E-state index contributed by atoms with van der Waals surface area (Å²) in [5.74, 6) is -1.03. The van der Waals surface area contributed by atoms with E-state index in [-0.39, 0.29) is 5.56 Å². The number of carboxylic acids is 1. The van der Waals surface area contributed by atoms with Gasteiger partial charge in [-0.3, -0.25) is 0 Å². The van der Waals surface area contributed by atoms with Crippen molar-refractivity contribution in [1.29, 1.82) is 5.26 Å². The molecule has 5 nitrogen and oxygen atoms in total. The lowest BCUT2D eigenvalue weighted by molar-refractivity contribution is 0.0697. The summed E-state index contributed by atoms with van der Waals surface area (Å²) in [5, 5.41) is 18.1. The zero-order valence-corrected chi connectivity index (χ0v) is 11.9. The molecule has 0 aliphatic heterocycles. The average molecular weight is 287 g/mol. The normalized spacial score (nSPS) is 10.1. The lowest BCUT2D eigenvalue weighted by Crippen LogP contribution is -2.17. The van der Waals surface area contributed by atoms with Crippen molar-refractivity contribution in [3.63, 3.8) is 0 Å². The lowest BCUT2D eigenvalue weighted by atomic mass is 10.1. The van der Waals surface area contributed by atoms with Gasteiger partial charge in [-0.25, -0.2) is 9.78 Å². The zero-order chi connectivity index (χ0) is 14.7. The van der Waals surface area contributed by atoms with Crippen LogP contribution in [0.1, 0.15) is 26.5 Å². The van der Waals surface area contributed by atoms with E-state index in [2.05, 4.69) is 4.98 Å². The molecule has 0 unspecified atom stereocenters. The Morgan fingerprint density at radius 3 is 2.85 bits per heavy atom. The van der Waals surface area contributed by atoms with E-state index in [0.29, 0.717) is 17.8 Å². The molecule has 0 fully saturated rings. The monoisotopic (exact) mass is 287 g/mol. The van der Waals surface area contributed by atoms with Crippen molar-refractivity contribution in [1.82, 2.24) is 4.98 Å². The van der Waals surface area contributed by atoms with Crippen LogP contribution >= 0.6 is 11.3 Å². The fourth-order valence-corrected chi connectivity index (χ4v) is 2.70. The Labute approximate surface area is 120 Å². The van der Waals surface area contributed by atoms with Gasteiger partial charge in [0.05, 0.1) is 34.6 Å². The summed E-state index contributed by atoms with van der Waals surface area (Å²) in [4.78, 5) is 18.2. The topological polar surface area (TPSA) is 77.2 Å². The molecule has 20 heavy (non-hydrogen) atoms.